The number of piperidine rings is 1. The zero-order valence-corrected chi connectivity index (χ0v) is 34.7. The molecule has 0 spiro atoms. The number of anilines is 3. The summed E-state index contributed by atoms with van der Waals surface area (Å²) in [5.41, 5.74) is 2.43. The van der Waals surface area contributed by atoms with Crippen molar-refractivity contribution >= 4 is 56.9 Å². The van der Waals surface area contributed by atoms with E-state index in [9.17, 15) is 32.0 Å². The number of fused-ring (bicyclic) bond motifs is 1. The number of hydrogen-bond donors (Lipinski definition) is 1. The highest BCUT2D eigenvalue weighted by Gasteiger charge is 2.32. The first-order chi connectivity index (χ1) is 28.4. The Labute approximate surface area is 346 Å². The second-order valence-electron chi connectivity index (χ2n) is 15.1. The first kappa shape index (κ1) is 43.0. The zero-order chi connectivity index (χ0) is 43.4. The highest BCUT2D eigenvalue weighted by atomic mass is 32.2. The zero-order valence-electron chi connectivity index (χ0n) is 33.9. The van der Waals surface area contributed by atoms with Gasteiger partial charge in [0.15, 0.2) is 15.5 Å². The van der Waals surface area contributed by atoms with Gasteiger partial charge >= 0.3 is 18.2 Å². The number of likely N-dealkylation sites (tertiary alicyclic amines) is 1. The molecule has 1 N–H and O–H groups in total. The first-order valence-corrected chi connectivity index (χ1v) is 20.8. The molecule has 0 unspecified atom stereocenters. The number of nitrogens with one attached hydrogen (secondary N) is 1. The fourth-order valence-electron chi connectivity index (χ4n) is 6.34. The number of carbonyl (C=O) groups is 4. The van der Waals surface area contributed by atoms with Crippen LogP contribution in [0.5, 0.6) is 5.75 Å². The van der Waals surface area contributed by atoms with Gasteiger partial charge in [0.25, 0.3) is 5.95 Å². The third kappa shape index (κ3) is 10.4. The van der Waals surface area contributed by atoms with Gasteiger partial charge in [-0.1, -0.05) is 24.3 Å². The number of amides is 3. The standard InChI is InChI=1S/C42H45FN6O10S/c1-26(27-7-12-31(43)13-8-27)37(50)44-32-14-9-28(10-15-32)30-11-18-36-45-39(46-48(36)24-30)49(34-17-16-33(60(6,54)55)23-35(34)56-5)41(53)58-25-57-38(51)29-19-21-47(22-20-29)40(52)59-42(2,3)4/h7-18,23-24,26,29H,19-22,25H2,1-6H3,(H,44,50)/t26-/m1/s1. The quantitative estimate of drug-likeness (QED) is 0.105. The summed E-state index contributed by atoms with van der Waals surface area (Å²) in [6.07, 6.45) is 1.84. The van der Waals surface area contributed by atoms with Gasteiger partial charge < -0.3 is 29.2 Å². The van der Waals surface area contributed by atoms with E-state index in [1.54, 1.807) is 82.4 Å². The summed E-state index contributed by atoms with van der Waals surface area (Å²) < 4.78 is 61.2. The van der Waals surface area contributed by atoms with Crippen LogP contribution in [0.15, 0.2) is 90.0 Å². The normalized spacial score (nSPS) is 13.9. The van der Waals surface area contributed by atoms with E-state index >= 15 is 0 Å². The third-order valence-electron chi connectivity index (χ3n) is 9.64. The molecule has 16 nitrogen and oxygen atoms in total. The van der Waals surface area contributed by atoms with Crippen molar-refractivity contribution in [1.82, 2.24) is 19.5 Å². The molecule has 3 amide bonds. The van der Waals surface area contributed by atoms with Crippen LogP contribution in [0.25, 0.3) is 16.8 Å². The fourth-order valence-corrected chi connectivity index (χ4v) is 6.98. The second kappa shape index (κ2) is 17.7. The van der Waals surface area contributed by atoms with E-state index in [-0.39, 0.29) is 47.1 Å². The SMILES string of the molecule is COc1cc(S(C)(=O)=O)ccc1N(C(=O)OCOC(=O)C1CCN(C(=O)OC(C)(C)C)CC1)c1nc2ccc(-c3ccc(NC(=O)[C@H](C)c4ccc(F)cc4)cc3)cn2n1. The number of hydrogen-bond acceptors (Lipinski definition) is 12. The van der Waals surface area contributed by atoms with Crippen LogP contribution in [0.3, 0.4) is 0 Å². The molecule has 316 valence electrons. The number of ether oxygens (including phenoxy) is 4. The van der Waals surface area contributed by atoms with Gasteiger partial charge in [-0.05, 0) is 100 Å². The molecule has 0 aliphatic carbocycles. The average Bonchev–Trinajstić information content (AvgIpc) is 3.63. The van der Waals surface area contributed by atoms with Crippen molar-refractivity contribution in [3.8, 4) is 16.9 Å². The van der Waals surface area contributed by atoms with E-state index < -0.39 is 52.2 Å². The van der Waals surface area contributed by atoms with Crippen molar-refractivity contribution in [2.45, 2.75) is 57.0 Å². The predicted molar refractivity (Wildman–Crippen MR) is 218 cm³/mol. The number of pyridine rings is 1. The number of esters is 1. The van der Waals surface area contributed by atoms with Crippen molar-refractivity contribution in [3.63, 3.8) is 0 Å². The van der Waals surface area contributed by atoms with Gasteiger partial charge in [-0.15, -0.1) is 5.10 Å². The molecule has 6 rings (SSSR count). The second-order valence-corrected chi connectivity index (χ2v) is 17.2. The van der Waals surface area contributed by atoms with Crippen molar-refractivity contribution in [2.24, 2.45) is 5.92 Å². The minimum Gasteiger partial charge on any atom is -0.495 e. The smallest absolute Gasteiger partial charge is 0.424 e. The third-order valence-corrected chi connectivity index (χ3v) is 10.7. The van der Waals surface area contributed by atoms with E-state index in [0.29, 0.717) is 35.3 Å². The van der Waals surface area contributed by atoms with Gasteiger partial charge in [-0.2, -0.15) is 4.98 Å². The Bertz CT molecular complexity index is 2500. The Morgan fingerprint density at radius 3 is 2.23 bits per heavy atom. The Kier molecular flexibility index (Phi) is 12.7. The minimum atomic E-state index is -3.66. The lowest BCUT2D eigenvalue weighted by Crippen LogP contribution is -2.43. The molecule has 1 fully saturated rings. The first-order valence-electron chi connectivity index (χ1n) is 18.9. The molecule has 3 aromatic carbocycles. The van der Waals surface area contributed by atoms with Crippen LogP contribution in [0.4, 0.5) is 31.3 Å². The fraction of sp³-hybridized carbons (Fsp3) is 0.333. The number of methoxy groups -OCH3 is 1. The van der Waals surface area contributed by atoms with Gasteiger partial charge in [-0.3, -0.25) is 9.59 Å². The van der Waals surface area contributed by atoms with Crippen LogP contribution in [0.2, 0.25) is 0 Å². The number of rotatable bonds is 11. The summed E-state index contributed by atoms with van der Waals surface area (Å²) in [5, 5.41) is 7.42. The lowest BCUT2D eigenvalue weighted by Gasteiger charge is -2.32. The molecule has 1 aliphatic rings. The van der Waals surface area contributed by atoms with Gasteiger partial charge in [-0.25, -0.2) is 31.8 Å². The summed E-state index contributed by atoms with van der Waals surface area (Å²) in [4.78, 5) is 59.1. The maximum atomic E-state index is 13.8. The van der Waals surface area contributed by atoms with E-state index in [1.165, 1.54) is 46.9 Å². The average molecular weight is 845 g/mol. The van der Waals surface area contributed by atoms with Crippen LogP contribution in [0.1, 0.15) is 52.0 Å². The molecule has 0 saturated carbocycles. The monoisotopic (exact) mass is 844 g/mol. The number of carbonyl (C=O) groups excluding carboxylic acids is 4. The molecule has 18 heteroatoms. The maximum Gasteiger partial charge on any atom is 0.424 e. The molecule has 0 bridgehead atoms. The van der Waals surface area contributed by atoms with Crippen molar-refractivity contribution in [2.75, 3.05) is 43.5 Å². The van der Waals surface area contributed by atoms with Gasteiger partial charge in [0.1, 0.15) is 17.2 Å². The molecule has 0 radical (unpaired) electrons. The molecule has 60 heavy (non-hydrogen) atoms. The van der Waals surface area contributed by atoms with Crippen LogP contribution in [0, 0.1) is 11.7 Å². The van der Waals surface area contributed by atoms with Crippen LogP contribution < -0.4 is 15.0 Å². The Balaban J connectivity index is 1.18. The van der Waals surface area contributed by atoms with Gasteiger partial charge in [0.05, 0.1) is 29.5 Å². The number of halogens is 1. The molecule has 2 aromatic heterocycles. The number of nitrogens with zero attached hydrogens (tertiary/aromatic N) is 5. The van der Waals surface area contributed by atoms with Crippen LogP contribution in [-0.4, -0.2) is 90.8 Å². The highest BCUT2D eigenvalue weighted by Crippen LogP contribution is 2.36. The lowest BCUT2D eigenvalue weighted by molar-refractivity contribution is -0.158. The maximum absolute atomic E-state index is 13.8. The van der Waals surface area contributed by atoms with E-state index in [4.69, 9.17) is 18.9 Å². The van der Waals surface area contributed by atoms with Crippen molar-refractivity contribution < 1.29 is 50.9 Å². The molecule has 1 aliphatic heterocycles. The Morgan fingerprint density at radius 2 is 1.60 bits per heavy atom. The highest BCUT2D eigenvalue weighted by molar-refractivity contribution is 7.90. The van der Waals surface area contributed by atoms with Crippen molar-refractivity contribution in [1.29, 1.82) is 0 Å². The van der Waals surface area contributed by atoms with Crippen LogP contribution in [-0.2, 0) is 33.6 Å². The molecular weight excluding hydrogens is 800 g/mol. The summed E-state index contributed by atoms with van der Waals surface area (Å²) in [6, 6.07) is 20.2. The summed E-state index contributed by atoms with van der Waals surface area (Å²) in [7, 11) is -2.36. The topological polar surface area (TPSA) is 188 Å². The number of benzene rings is 3. The summed E-state index contributed by atoms with van der Waals surface area (Å²) in [6.45, 7) is 6.86. The molecule has 3 heterocycles. The Hall–Kier alpha value is -6.56. The molecule has 1 saturated heterocycles. The number of aromatic nitrogens is 3. The molecule has 1 atom stereocenters. The largest absolute Gasteiger partial charge is 0.495 e. The van der Waals surface area contributed by atoms with Gasteiger partial charge in [0.2, 0.25) is 12.7 Å². The van der Waals surface area contributed by atoms with Crippen molar-refractivity contribution in [3.05, 3.63) is 96.4 Å². The molecule has 5 aromatic rings. The lowest BCUT2D eigenvalue weighted by atomic mass is 9.97. The summed E-state index contributed by atoms with van der Waals surface area (Å²) >= 11 is 0. The van der Waals surface area contributed by atoms with E-state index in [0.717, 1.165) is 16.7 Å². The predicted octanol–water partition coefficient (Wildman–Crippen LogP) is 7.11. The van der Waals surface area contributed by atoms with Crippen LogP contribution >= 0.6 is 0 Å². The van der Waals surface area contributed by atoms with E-state index in [1.807, 2.05) is 0 Å². The Morgan fingerprint density at radius 1 is 0.933 bits per heavy atom. The molecular formula is C42H45FN6O10S. The van der Waals surface area contributed by atoms with Gasteiger partial charge in [0, 0.05) is 42.9 Å². The van der Waals surface area contributed by atoms with E-state index in [2.05, 4.69) is 15.4 Å². The minimum absolute atomic E-state index is 0.0117. The summed E-state index contributed by atoms with van der Waals surface area (Å²) in [5.74, 6) is -2.48. The number of sulfone groups is 1.